The van der Waals surface area contributed by atoms with Crippen molar-refractivity contribution in [1.82, 2.24) is 0 Å². The van der Waals surface area contributed by atoms with E-state index in [9.17, 15) is 0 Å². The first-order valence-electron chi connectivity index (χ1n) is 12.2. The van der Waals surface area contributed by atoms with Crippen LogP contribution in [0.25, 0.3) is 5.57 Å². The molecule has 2 aromatic rings. The summed E-state index contributed by atoms with van der Waals surface area (Å²) in [5, 5.41) is 0. The summed E-state index contributed by atoms with van der Waals surface area (Å²) in [5.41, 5.74) is 13.6. The molecular weight excluding hydrogens is 386 g/mol. The Morgan fingerprint density at radius 3 is 1.88 bits per heavy atom. The molecule has 0 unspecified atom stereocenters. The van der Waals surface area contributed by atoms with Gasteiger partial charge in [-0.25, -0.2) is 0 Å². The Bertz CT molecular complexity index is 767. The van der Waals surface area contributed by atoms with E-state index in [-0.39, 0.29) is 0 Å². The van der Waals surface area contributed by atoms with E-state index in [1.165, 1.54) is 35.1 Å². The summed E-state index contributed by atoms with van der Waals surface area (Å²) in [5.74, 6) is 0.599. The van der Waals surface area contributed by atoms with Crippen molar-refractivity contribution in [2.75, 3.05) is 5.73 Å². The van der Waals surface area contributed by atoms with Crippen LogP contribution in [0.3, 0.4) is 0 Å². The van der Waals surface area contributed by atoms with Gasteiger partial charge in [0.15, 0.2) is 0 Å². The maximum Gasteiger partial charge on any atom is 0.0343 e. The number of aryl methyl sites for hydroxylation is 3. The number of hydrogen-bond acceptors (Lipinski definition) is 1. The van der Waals surface area contributed by atoms with Gasteiger partial charge in [0.25, 0.3) is 0 Å². The number of allylic oxidation sites excluding steroid dienone is 3. The fraction of sp³-hybridized carbons (Fsp3) is 0.484. The number of hydrogen-bond donors (Lipinski definition) is 1. The van der Waals surface area contributed by atoms with Crippen molar-refractivity contribution in [3.63, 3.8) is 0 Å². The van der Waals surface area contributed by atoms with E-state index in [4.69, 9.17) is 5.73 Å². The molecule has 0 fully saturated rings. The molecule has 0 spiro atoms. The van der Waals surface area contributed by atoms with Crippen molar-refractivity contribution in [3.05, 3.63) is 83.4 Å². The van der Waals surface area contributed by atoms with Gasteiger partial charge in [-0.3, -0.25) is 0 Å². The standard InChI is InChI=1S/C16H24.C7H9N.C6H12.C2H6/c1-6-8-14-11-15(10-9-13(14)5)16(7-2)12(3)4;1-6-4-2-3-5-7(6)8;1-5-6(2,3)4;1-2/h7,9-12H,6,8H2,1-5H3;2-5H,8H2,1H3;5H,1H2,2-4H3;1-2H3/b16-7-;;;. The molecular formula is C31H51N. The summed E-state index contributed by atoms with van der Waals surface area (Å²) in [4.78, 5) is 0. The molecule has 0 atom stereocenters. The van der Waals surface area contributed by atoms with Gasteiger partial charge >= 0.3 is 0 Å². The lowest BCUT2D eigenvalue weighted by atomic mass is 9.91. The van der Waals surface area contributed by atoms with Crippen LogP contribution in [0.4, 0.5) is 5.69 Å². The van der Waals surface area contributed by atoms with E-state index in [1.807, 2.05) is 51.1 Å². The third kappa shape index (κ3) is 13.9. The fourth-order valence-electron chi connectivity index (χ4n) is 2.81. The van der Waals surface area contributed by atoms with Gasteiger partial charge in [-0.2, -0.15) is 0 Å². The van der Waals surface area contributed by atoms with Crippen molar-refractivity contribution >= 4 is 11.3 Å². The second kappa shape index (κ2) is 17.3. The molecule has 0 heterocycles. The molecule has 32 heavy (non-hydrogen) atoms. The zero-order chi connectivity index (χ0) is 25.3. The van der Waals surface area contributed by atoms with E-state index in [1.54, 1.807) is 0 Å². The summed E-state index contributed by atoms with van der Waals surface area (Å²) >= 11 is 0. The maximum absolute atomic E-state index is 5.52. The van der Waals surface area contributed by atoms with Crippen LogP contribution in [-0.2, 0) is 6.42 Å². The Hall–Kier alpha value is -2.28. The second-order valence-electron chi connectivity index (χ2n) is 9.22. The minimum absolute atomic E-state index is 0.306. The lowest BCUT2D eigenvalue weighted by molar-refractivity contribution is 0.546. The molecule has 2 rings (SSSR count). The highest BCUT2D eigenvalue weighted by Crippen LogP contribution is 2.25. The highest BCUT2D eigenvalue weighted by atomic mass is 14.5. The summed E-state index contributed by atoms with van der Waals surface area (Å²) < 4.78 is 0. The van der Waals surface area contributed by atoms with Gasteiger partial charge in [-0.15, -0.1) is 6.58 Å². The van der Waals surface area contributed by atoms with Crippen LogP contribution >= 0.6 is 0 Å². The Morgan fingerprint density at radius 2 is 1.53 bits per heavy atom. The van der Waals surface area contributed by atoms with Crippen molar-refractivity contribution in [1.29, 1.82) is 0 Å². The fourth-order valence-corrected chi connectivity index (χ4v) is 2.81. The van der Waals surface area contributed by atoms with E-state index < -0.39 is 0 Å². The topological polar surface area (TPSA) is 26.0 Å². The molecule has 0 radical (unpaired) electrons. The molecule has 0 aromatic heterocycles. The molecule has 0 aliphatic carbocycles. The van der Waals surface area contributed by atoms with Gasteiger partial charge in [0.2, 0.25) is 0 Å². The number of anilines is 1. The van der Waals surface area contributed by atoms with Crippen LogP contribution in [-0.4, -0.2) is 0 Å². The maximum atomic E-state index is 5.52. The summed E-state index contributed by atoms with van der Waals surface area (Å²) in [6.45, 7) is 27.1. The van der Waals surface area contributed by atoms with E-state index in [0.717, 1.165) is 11.3 Å². The highest BCUT2D eigenvalue weighted by molar-refractivity contribution is 5.67. The predicted octanol–water partition coefficient (Wildman–Crippen LogP) is 9.83. The predicted molar refractivity (Wildman–Crippen MR) is 150 cm³/mol. The van der Waals surface area contributed by atoms with Gasteiger partial charge < -0.3 is 5.73 Å². The van der Waals surface area contributed by atoms with Crippen LogP contribution in [0.15, 0.2) is 61.2 Å². The third-order valence-electron chi connectivity index (χ3n) is 4.94. The SMILES string of the molecule is C/C=C(\c1ccc(C)c(CCC)c1)C(C)C.C=CC(C)(C)C.CC.Cc1ccccc1N. The Balaban J connectivity index is 0. The van der Waals surface area contributed by atoms with Crippen LogP contribution < -0.4 is 5.73 Å². The van der Waals surface area contributed by atoms with Gasteiger partial charge in [-0.05, 0) is 72.4 Å². The number of nitrogen functional groups attached to an aromatic ring is 1. The van der Waals surface area contributed by atoms with Gasteiger partial charge in [-0.1, -0.05) is 110 Å². The molecule has 0 aliphatic rings. The van der Waals surface area contributed by atoms with Crippen molar-refractivity contribution in [3.8, 4) is 0 Å². The average Bonchev–Trinajstić information content (AvgIpc) is 2.75. The average molecular weight is 438 g/mol. The normalized spacial score (nSPS) is 10.7. The summed E-state index contributed by atoms with van der Waals surface area (Å²) in [6, 6.07) is 14.7. The molecule has 1 nitrogen and oxygen atoms in total. The second-order valence-corrected chi connectivity index (χ2v) is 9.22. The molecule has 0 saturated heterocycles. The van der Waals surface area contributed by atoms with Crippen molar-refractivity contribution in [2.24, 2.45) is 11.3 Å². The first-order valence-corrected chi connectivity index (χ1v) is 12.2. The third-order valence-corrected chi connectivity index (χ3v) is 4.94. The number of rotatable bonds is 4. The summed E-state index contributed by atoms with van der Waals surface area (Å²) in [7, 11) is 0. The lowest BCUT2D eigenvalue weighted by Gasteiger charge is -2.14. The minimum atomic E-state index is 0.306. The Kier molecular flexibility index (Phi) is 17.2. The molecule has 2 N–H and O–H groups in total. The van der Waals surface area contributed by atoms with Crippen molar-refractivity contribution in [2.45, 2.75) is 89.0 Å². The Morgan fingerprint density at radius 1 is 1.00 bits per heavy atom. The first-order chi connectivity index (χ1) is 15.0. The zero-order valence-corrected chi connectivity index (χ0v) is 23.0. The molecule has 0 aliphatic heterocycles. The smallest absolute Gasteiger partial charge is 0.0343 e. The van der Waals surface area contributed by atoms with E-state index in [0.29, 0.717) is 11.3 Å². The van der Waals surface area contributed by atoms with Gasteiger partial charge in [0.1, 0.15) is 0 Å². The number of para-hydroxylation sites is 1. The monoisotopic (exact) mass is 437 g/mol. The highest BCUT2D eigenvalue weighted by Gasteiger charge is 2.07. The minimum Gasteiger partial charge on any atom is -0.399 e. The number of benzene rings is 2. The largest absolute Gasteiger partial charge is 0.399 e. The molecule has 180 valence electrons. The van der Waals surface area contributed by atoms with Crippen molar-refractivity contribution < 1.29 is 0 Å². The van der Waals surface area contributed by atoms with Crippen LogP contribution in [0, 0.1) is 25.2 Å². The van der Waals surface area contributed by atoms with Crippen LogP contribution in [0.5, 0.6) is 0 Å². The van der Waals surface area contributed by atoms with Crippen LogP contribution in [0.2, 0.25) is 0 Å². The quantitative estimate of drug-likeness (QED) is 0.374. The molecule has 0 bridgehead atoms. The first kappa shape index (κ1) is 31.9. The molecule has 0 amide bonds. The number of nitrogens with two attached hydrogens (primary N) is 1. The van der Waals surface area contributed by atoms with Crippen LogP contribution in [0.1, 0.15) is 91.0 Å². The van der Waals surface area contributed by atoms with Gasteiger partial charge in [0.05, 0.1) is 0 Å². The Labute approximate surface area is 200 Å². The van der Waals surface area contributed by atoms with E-state index in [2.05, 4.69) is 86.2 Å². The summed E-state index contributed by atoms with van der Waals surface area (Å²) in [6.07, 6.45) is 6.59. The molecule has 0 saturated carbocycles. The molecule has 1 heteroatoms. The lowest BCUT2D eigenvalue weighted by Crippen LogP contribution is -1.96. The molecule has 2 aromatic carbocycles. The van der Waals surface area contributed by atoms with E-state index >= 15 is 0 Å². The van der Waals surface area contributed by atoms with Gasteiger partial charge in [0, 0.05) is 5.69 Å². The zero-order valence-electron chi connectivity index (χ0n) is 23.0.